The van der Waals surface area contributed by atoms with Crippen LogP contribution in [0.2, 0.25) is 0 Å². The molecule has 7 amide bonds. The average Bonchev–Trinajstić information content (AvgIpc) is 3.33. The summed E-state index contributed by atoms with van der Waals surface area (Å²) in [5, 5.41) is 29.0. The summed E-state index contributed by atoms with van der Waals surface area (Å²) in [6.45, 7) is 6.14. The number of rotatable bonds is 45. The van der Waals surface area contributed by atoms with Crippen LogP contribution in [0.15, 0.2) is 0 Å². The molecule has 72 heavy (non-hydrogen) atoms. The van der Waals surface area contributed by atoms with Crippen molar-refractivity contribution in [2.75, 3.05) is 45.8 Å². The van der Waals surface area contributed by atoms with Crippen LogP contribution >= 0.6 is 0 Å². The Balaban J connectivity index is 6.76. The van der Waals surface area contributed by atoms with Crippen LogP contribution in [0.1, 0.15) is 155 Å². The summed E-state index contributed by atoms with van der Waals surface area (Å²) < 4.78 is 0. The number of aliphatic carboxylic acids is 1. The molecular weight excluding hydrogens is 931 g/mol. The molecule has 0 aliphatic carbocycles. The highest BCUT2D eigenvalue weighted by Crippen LogP contribution is 2.13. The highest BCUT2D eigenvalue weighted by atomic mass is 16.4. The molecule has 0 rings (SSSR count). The average molecular weight is 1030 g/mol. The van der Waals surface area contributed by atoms with Gasteiger partial charge < -0.3 is 88.2 Å². The lowest BCUT2D eigenvalue weighted by Gasteiger charge is -2.28. The number of carbonyl (C=O) groups is 8. The number of unbranched alkanes of at least 4 members (excludes halogenated alkanes) is 7. The molecule has 0 aliphatic heterocycles. The van der Waals surface area contributed by atoms with Crippen molar-refractivity contribution in [2.24, 2.45) is 51.8 Å². The SMILES string of the molecule is CC(C)C[C@H](N)C(=O)N[C@@H](CCCCN)C(=O)N[C@@H](CCCCN)C(=O)N[C@@H](CCCCN)C(=O)N[C@@H](CCCCN)C(=O)N[C@@H](CCCCN)C(=O)N[C@@H](CCCCN)C(=O)N[C@@H](CCCCN)C(=O)O. The maximum atomic E-state index is 14.3. The molecule has 0 heterocycles. The van der Waals surface area contributed by atoms with E-state index < -0.39 is 95.7 Å². The maximum Gasteiger partial charge on any atom is 0.326 e. The summed E-state index contributed by atoms with van der Waals surface area (Å²) >= 11 is 0. The molecule has 0 aliphatic rings. The number of carboxylic acid groups (broad SMARTS) is 1. The van der Waals surface area contributed by atoms with Crippen molar-refractivity contribution in [1.29, 1.82) is 0 Å². The zero-order valence-corrected chi connectivity index (χ0v) is 43.5. The van der Waals surface area contributed by atoms with Crippen LogP contribution in [-0.4, -0.2) is 147 Å². The van der Waals surface area contributed by atoms with Crippen molar-refractivity contribution in [3.63, 3.8) is 0 Å². The van der Waals surface area contributed by atoms with E-state index in [9.17, 15) is 43.5 Å². The Kier molecular flexibility index (Phi) is 39.2. The Hall–Kier alpha value is -4.56. The highest BCUT2D eigenvalue weighted by Gasteiger charge is 2.34. The predicted molar refractivity (Wildman–Crippen MR) is 279 cm³/mol. The first-order chi connectivity index (χ1) is 34.4. The van der Waals surface area contributed by atoms with Crippen LogP contribution in [0.3, 0.4) is 0 Å². The van der Waals surface area contributed by atoms with Crippen molar-refractivity contribution in [3.05, 3.63) is 0 Å². The fourth-order valence-electron chi connectivity index (χ4n) is 7.85. The molecule has 418 valence electrons. The molecule has 24 N–H and O–H groups in total. The second kappa shape index (κ2) is 41.9. The van der Waals surface area contributed by atoms with Crippen LogP contribution in [0, 0.1) is 5.92 Å². The fourth-order valence-corrected chi connectivity index (χ4v) is 7.85. The molecule has 0 radical (unpaired) electrons. The van der Waals surface area contributed by atoms with Crippen molar-refractivity contribution >= 4 is 47.3 Å². The number of hydrogen-bond acceptors (Lipinski definition) is 16. The van der Waals surface area contributed by atoms with Gasteiger partial charge in [0.2, 0.25) is 41.4 Å². The van der Waals surface area contributed by atoms with E-state index in [0.29, 0.717) is 142 Å². The normalized spacial score (nSPS) is 14.7. The Morgan fingerprint density at radius 1 is 0.319 bits per heavy atom. The number of amides is 7. The summed E-state index contributed by atoms with van der Waals surface area (Å²) in [4.78, 5) is 109. The van der Waals surface area contributed by atoms with Gasteiger partial charge in [0.05, 0.1) is 6.04 Å². The Bertz CT molecular complexity index is 1560. The molecule has 8 atom stereocenters. The number of nitrogens with one attached hydrogen (secondary N) is 7. The van der Waals surface area contributed by atoms with Crippen molar-refractivity contribution in [2.45, 2.75) is 203 Å². The third-order valence-electron chi connectivity index (χ3n) is 12.1. The molecule has 0 saturated carbocycles. The first-order valence-electron chi connectivity index (χ1n) is 26.5. The summed E-state index contributed by atoms with van der Waals surface area (Å²) in [7, 11) is 0. The molecule has 0 bridgehead atoms. The van der Waals surface area contributed by atoms with Gasteiger partial charge in [-0.2, -0.15) is 0 Å². The number of nitrogens with two attached hydrogens (primary N) is 8. The zero-order chi connectivity index (χ0) is 54.3. The first-order valence-corrected chi connectivity index (χ1v) is 26.5. The third kappa shape index (κ3) is 30.5. The minimum absolute atomic E-state index is 0.107. The second-order valence-electron chi connectivity index (χ2n) is 19.0. The lowest BCUT2D eigenvalue weighted by atomic mass is 10.0. The van der Waals surface area contributed by atoms with Gasteiger partial charge in [-0.05, 0) is 193 Å². The quantitative estimate of drug-likeness (QED) is 0.0286. The molecule has 0 aromatic rings. The van der Waals surface area contributed by atoms with Gasteiger partial charge in [0, 0.05) is 0 Å². The van der Waals surface area contributed by atoms with Crippen LogP contribution in [0.4, 0.5) is 0 Å². The van der Waals surface area contributed by atoms with Gasteiger partial charge in [0.1, 0.15) is 42.3 Å². The minimum atomic E-state index is -1.24. The molecule has 0 aromatic carbocycles. The molecule has 0 spiro atoms. The molecule has 24 nitrogen and oxygen atoms in total. The predicted octanol–water partition coefficient (Wildman–Crippen LogP) is -2.26. The van der Waals surface area contributed by atoms with Crippen LogP contribution in [0.5, 0.6) is 0 Å². The van der Waals surface area contributed by atoms with Gasteiger partial charge >= 0.3 is 5.97 Å². The Morgan fingerprint density at radius 2 is 0.500 bits per heavy atom. The van der Waals surface area contributed by atoms with Crippen LogP contribution in [0.25, 0.3) is 0 Å². The van der Waals surface area contributed by atoms with E-state index in [-0.39, 0.29) is 50.9 Å². The van der Waals surface area contributed by atoms with E-state index in [1.54, 1.807) is 0 Å². The Labute approximate surface area is 428 Å². The van der Waals surface area contributed by atoms with E-state index >= 15 is 0 Å². The lowest BCUT2D eigenvalue weighted by Crippen LogP contribution is -2.60. The smallest absolute Gasteiger partial charge is 0.326 e. The number of carbonyl (C=O) groups excluding carboxylic acids is 7. The summed E-state index contributed by atoms with van der Waals surface area (Å²) in [5.74, 6) is -5.72. The second-order valence-corrected chi connectivity index (χ2v) is 19.0. The van der Waals surface area contributed by atoms with Crippen molar-refractivity contribution in [3.8, 4) is 0 Å². The maximum absolute atomic E-state index is 14.3. The zero-order valence-electron chi connectivity index (χ0n) is 43.5. The lowest BCUT2D eigenvalue weighted by molar-refractivity contribution is -0.142. The van der Waals surface area contributed by atoms with E-state index in [4.69, 9.17) is 45.9 Å². The van der Waals surface area contributed by atoms with E-state index in [2.05, 4.69) is 37.2 Å². The van der Waals surface area contributed by atoms with Crippen molar-refractivity contribution in [1.82, 2.24) is 37.2 Å². The third-order valence-corrected chi connectivity index (χ3v) is 12.1. The molecular formula is C48H97N15O9. The molecule has 0 aromatic heterocycles. The largest absolute Gasteiger partial charge is 0.480 e. The number of carboxylic acids is 1. The van der Waals surface area contributed by atoms with E-state index in [1.807, 2.05) is 13.8 Å². The van der Waals surface area contributed by atoms with Gasteiger partial charge in [-0.3, -0.25) is 33.6 Å². The molecule has 24 heteroatoms. The van der Waals surface area contributed by atoms with Gasteiger partial charge in [0.25, 0.3) is 0 Å². The standard InChI is InChI=1S/C48H97N15O9/c1-32(2)31-33(56)41(64)57-34(17-3-10-24-49)42(65)58-35(18-4-11-25-50)43(66)59-36(19-5-12-26-51)44(67)60-37(20-6-13-27-52)45(68)61-38(21-7-14-28-53)46(69)62-39(22-8-15-29-54)47(70)63-40(48(71)72)23-9-16-30-55/h32-40H,3-31,49-56H2,1-2H3,(H,57,64)(H,58,65)(H,59,66)(H,60,67)(H,61,68)(H,62,69)(H,63,70)(H,71,72)/t33-,34-,35-,36-,37-,38-,39-,40-/m0/s1. The fraction of sp³-hybridized carbons (Fsp3) is 0.833. The van der Waals surface area contributed by atoms with Gasteiger partial charge in [-0.1, -0.05) is 13.8 Å². The van der Waals surface area contributed by atoms with Gasteiger partial charge in [0.15, 0.2) is 0 Å². The van der Waals surface area contributed by atoms with Gasteiger partial charge in [-0.15, -0.1) is 0 Å². The van der Waals surface area contributed by atoms with Crippen LogP contribution in [-0.2, 0) is 38.4 Å². The molecule has 0 fully saturated rings. The summed E-state index contributed by atoms with van der Waals surface area (Å²) in [6.07, 6.45) is 8.22. The first kappa shape index (κ1) is 67.4. The van der Waals surface area contributed by atoms with Gasteiger partial charge in [-0.25, -0.2) is 4.79 Å². The van der Waals surface area contributed by atoms with E-state index in [0.717, 1.165) is 0 Å². The Morgan fingerprint density at radius 3 is 0.681 bits per heavy atom. The van der Waals surface area contributed by atoms with E-state index in [1.165, 1.54) is 0 Å². The highest BCUT2D eigenvalue weighted by molar-refractivity contribution is 5.97. The monoisotopic (exact) mass is 1030 g/mol. The summed E-state index contributed by atoms with van der Waals surface area (Å²) in [5.41, 5.74) is 46.3. The molecule has 0 unspecified atom stereocenters. The summed E-state index contributed by atoms with van der Waals surface area (Å²) in [6, 6.07) is -9.01. The molecule has 0 saturated heterocycles. The topological polar surface area (TPSA) is 449 Å². The minimum Gasteiger partial charge on any atom is -0.480 e. The number of hydrogen-bond donors (Lipinski definition) is 16. The van der Waals surface area contributed by atoms with Crippen LogP contribution < -0.4 is 83.1 Å². The van der Waals surface area contributed by atoms with Crippen molar-refractivity contribution < 1.29 is 43.5 Å².